The topological polar surface area (TPSA) is 144 Å². The Bertz CT molecular complexity index is 113. The molecule has 0 heterocycles. The Morgan fingerprint density at radius 2 is 1.40 bits per heavy atom. The first-order chi connectivity index (χ1) is 3.73. The molecule has 0 rings (SSSR count). The van der Waals surface area contributed by atoms with Crippen molar-refractivity contribution in [1.29, 1.82) is 0 Å². The zero-order valence-corrected chi connectivity index (χ0v) is 8.89. The van der Waals surface area contributed by atoms with Crippen LogP contribution >= 0.6 is 7.82 Å². The molecule has 0 aromatic heterocycles. The fourth-order valence-corrected chi connectivity index (χ4v) is 0. The predicted molar refractivity (Wildman–Crippen MR) is 20.8 cm³/mol. The maximum Gasteiger partial charge on any atom is 1.00 e. The van der Waals surface area contributed by atoms with Gasteiger partial charge in [0.2, 0.25) is 0 Å². The van der Waals surface area contributed by atoms with Crippen LogP contribution in [-0.2, 0) is 4.57 Å². The molecule has 0 spiro atoms. The molecular weight excluding hydrogens is 196 g/mol. The van der Waals surface area contributed by atoms with Crippen LogP contribution in [-0.4, -0.2) is 20.1 Å². The van der Waals surface area contributed by atoms with Gasteiger partial charge in [-0.05, 0) is 0 Å². The van der Waals surface area contributed by atoms with Crippen molar-refractivity contribution in [1.82, 2.24) is 0 Å². The van der Waals surface area contributed by atoms with Crippen molar-refractivity contribution in [2.75, 3.05) is 0 Å². The van der Waals surface area contributed by atoms with Crippen molar-refractivity contribution in [3.63, 3.8) is 0 Å². The van der Waals surface area contributed by atoms with Gasteiger partial charge in [-0.2, -0.15) is 0 Å². The number of hydrogen-bond donors (Lipinski definition) is 3. The molecule has 0 aliphatic rings. The molecule has 0 unspecified atom stereocenters. The van der Waals surface area contributed by atoms with Crippen LogP contribution in [0.25, 0.3) is 0 Å². The first kappa shape index (κ1) is 17.1. The summed E-state index contributed by atoms with van der Waals surface area (Å²) in [7, 11) is -4.89. The Morgan fingerprint density at radius 1 is 1.40 bits per heavy atom. The zero-order chi connectivity index (χ0) is 8.08. The average molecular weight is 199 g/mol. The van der Waals surface area contributed by atoms with E-state index < -0.39 is 12.9 Å². The minimum atomic E-state index is -4.89. The summed E-state index contributed by atoms with van der Waals surface area (Å²) in [6.07, 6.45) is 0. The molecule has 0 saturated heterocycles. The molecule has 56 valence electrons. The van der Waals surface area contributed by atoms with Gasteiger partial charge in [-0.15, -0.1) is 10.1 Å². The van der Waals surface area contributed by atoms with Crippen molar-refractivity contribution in [3.8, 4) is 0 Å². The Balaban J connectivity index is -0.0000000910. The molecule has 0 aliphatic heterocycles. The van der Waals surface area contributed by atoms with Crippen molar-refractivity contribution < 1.29 is 80.9 Å². The zero-order valence-electron chi connectivity index (χ0n) is 4.87. The summed E-state index contributed by atoms with van der Waals surface area (Å²) in [5.74, 6) is 0. The van der Waals surface area contributed by atoms with E-state index in [9.17, 15) is 0 Å². The van der Waals surface area contributed by atoms with Gasteiger partial charge in [0.05, 0.1) is 0 Å². The molecular formula is H3KNO7P. The molecule has 0 aromatic carbocycles. The Morgan fingerprint density at radius 3 is 1.40 bits per heavy atom. The third-order valence-electron chi connectivity index (χ3n) is 0. The summed E-state index contributed by atoms with van der Waals surface area (Å²) in [5, 5.41) is 13.6. The molecule has 0 bridgehead atoms. The molecule has 0 amide bonds. The van der Waals surface area contributed by atoms with Crippen LogP contribution in [0.15, 0.2) is 0 Å². The fraction of sp³-hybridized carbons (Fsp3) is 0. The Labute approximate surface area is 97.6 Å². The number of phosphoric acid groups is 1. The van der Waals surface area contributed by atoms with Gasteiger partial charge in [0.1, 0.15) is 0 Å². The molecule has 0 saturated carbocycles. The summed E-state index contributed by atoms with van der Waals surface area (Å²) in [6, 6.07) is 0. The monoisotopic (exact) mass is 199 g/mol. The number of nitrogens with zero attached hydrogens (tertiary/aromatic N) is 1. The van der Waals surface area contributed by atoms with Gasteiger partial charge in [0.25, 0.3) is 12.9 Å². The largest absolute Gasteiger partial charge is 1.00 e. The molecule has 0 aliphatic carbocycles. The molecule has 10 heteroatoms. The quantitative estimate of drug-likeness (QED) is 0.153. The second-order valence-electron chi connectivity index (χ2n) is 0.728. The number of hydrogen-bond acceptors (Lipinski definition) is 4. The van der Waals surface area contributed by atoms with E-state index >= 15 is 0 Å². The van der Waals surface area contributed by atoms with Gasteiger partial charge in [-0.3, -0.25) is 4.57 Å². The third-order valence-corrected chi connectivity index (χ3v) is 0. The van der Waals surface area contributed by atoms with Gasteiger partial charge in [-0.1, -0.05) is 0 Å². The summed E-state index contributed by atoms with van der Waals surface area (Å²) in [6.45, 7) is 0. The van der Waals surface area contributed by atoms with Crippen LogP contribution in [0.2, 0.25) is 0 Å². The summed E-state index contributed by atoms with van der Waals surface area (Å²) < 4.78 is 8.77. The van der Waals surface area contributed by atoms with Gasteiger partial charge in [0.15, 0.2) is 0 Å². The Kier molecular flexibility index (Phi) is 13.8. The third kappa shape index (κ3) is 631. The van der Waals surface area contributed by atoms with Crippen LogP contribution in [0.5, 0.6) is 0 Å². The van der Waals surface area contributed by atoms with E-state index in [-0.39, 0.29) is 51.4 Å². The van der Waals surface area contributed by atoms with Crippen LogP contribution in [0.1, 0.15) is 0 Å². The minimum absolute atomic E-state index is 0. The van der Waals surface area contributed by atoms with Gasteiger partial charge in [-0.25, -0.2) is 0 Å². The normalized spacial score (nSPS) is 8.30. The van der Waals surface area contributed by atoms with E-state index in [2.05, 4.69) is 0 Å². The first-order valence-electron chi connectivity index (χ1n) is 1.33. The van der Waals surface area contributed by atoms with E-state index in [1.807, 2.05) is 0 Å². The molecule has 0 radical (unpaired) electrons. The van der Waals surface area contributed by atoms with E-state index in [4.69, 9.17) is 34.6 Å². The first-order valence-corrected chi connectivity index (χ1v) is 2.86. The molecule has 0 aromatic rings. The summed E-state index contributed by atoms with van der Waals surface area (Å²) in [4.78, 5) is 31.3. The molecule has 0 atom stereocenters. The standard InChI is InChI=1S/K.HNO3.H3O4P/c;2-1(3)4;1-5(2,3)4/h;(H,2,3,4);(H3,1,2,3,4)/q+1;;/p-1. The van der Waals surface area contributed by atoms with E-state index in [0.717, 1.165) is 0 Å². The second-order valence-corrected chi connectivity index (χ2v) is 1.71. The van der Waals surface area contributed by atoms with Crippen LogP contribution in [0.4, 0.5) is 0 Å². The summed E-state index contributed by atoms with van der Waals surface area (Å²) >= 11 is 0. The van der Waals surface area contributed by atoms with Crippen molar-refractivity contribution in [3.05, 3.63) is 10.1 Å². The summed E-state index contributed by atoms with van der Waals surface area (Å²) in [5.41, 5.74) is 0. The van der Waals surface area contributed by atoms with Crippen molar-refractivity contribution in [2.24, 2.45) is 0 Å². The van der Waals surface area contributed by atoms with Crippen LogP contribution in [0, 0.1) is 10.1 Å². The van der Waals surface area contributed by atoms with E-state index in [1.165, 1.54) is 0 Å². The number of rotatable bonds is 0. The Hall–Kier alpha value is 0.946. The predicted octanol–water partition coefficient (Wildman–Crippen LogP) is -4.90. The van der Waals surface area contributed by atoms with Crippen molar-refractivity contribution in [2.45, 2.75) is 0 Å². The second kappa shape index (κ2) is 8.05. The fourth-order valence-electron chi connectivity index (χ4n) is 0. The van der Waals surface area contributed by atoms with Crippen LogP contribution < -0.4 is 56.3 Å². The molecule has 0 fully saturated rings. The SMILES string of the molecule is O=P([O-])(O)O.O=[N+]([O-])O.[K+]. The maximum absolute atomic E-state index is 8.77. The smallest absolute Gasteiger partial charge is 0.756 e. The van der Waals surface area contributed by atoms with Gasteiger partial charge < -0.3 is 19.9 Å². The molecule has 3 N–H and O–H groups in total. The van der Waals surface area contributed by atoms with Gasteiger partial charge in [0, 0.05) is 0 Å². The van der Waals surface area contributed by atoms with Crippen LogP contribution in [0.3, 0.4) is 0 Å². The van der Waals surface area contributed by atoms with Crippen molar-refractivity contribution >= 4 is 7.82 Å². The molecule has 8 nitrogen and oxygen atoms in total. The van der Waals surface area contributed by atoms with Gasteiger partial charge >= 0.3 is 51.4 Å². The molecule has 10 heavy (non-hydrogen) atoms. The average Bonchev–Trinajstić information content (AvgIpc) is 1.19. The van der Waals surface area contributed by atoms with E-state index in [0.29, 0.717) is 0 Å². The maximum atomic E-state index is 8.77. The minimum Gasteiger partial charge on any atom is -0.756 e. The van der Waals surface area contributed by atoms with E-state index in [1.54, 1.807) is 0 Å².